The van der Waals surface area contributed by atoms with Gasteiger partial charge in [0, 0.05) is 0 Å². The summed E-state index contributed by atoms with van der Waals surface area (Å²) >= 11 is 0. The Balaban J connectivity index is 2.39. The first-order chi connectivity index (χ1) is 8.63. The lowest BCUT2D eigenvalue weighted by Gasteiger charge is -2.23. The summed E-state index contributed by atoms with van der Waals surface area (Å²) in [6.45, 7) is 9.43. The molecule has 0 bridgehead atoms. The van der Waals surface area contributed by atoms with Crippen LogP contribution in [0.5, 0.6) is 0 Å². The lowest BCUT2D eigenvalue weighted by atomic mass is 9.83. The number of benzene rings is 1. The third-order valence-electron chi connectivity index (χ3n) is 4.09. The van der Waals surface area contributed by atoms with Gasteiger partial charge < -0.3 is 0 Å². The summed E-state index contributed by atoms with van der Waals surface area (Å²) in [5, 5.41) is 0. The second-order valence-corrected chi connectivity index (χ2v) is 6.16. The highest BCUT2D eigenvalue weighted by molar-refractivity contribution is 5.15. The van der Waals surface area contributed by atoms with Gasteiger partial charge >= 0.3 is 0 Å². The first-order valence-electron chi connectivity index (χ1n) is 7.67. The van der Waals surface area contributed by atoms with Gasteiger partial charge in [0.2, 0.25) is 0 Å². The average molecular weight is 246 g/mol. The van der Waals surface area contributed by atoms with Crippen molar-refractivity contribution in [3.63, 3.8) is 0 Å². The second-order valence-electron chi connectivity index (χ2n) is 6.16. The SMILES string of the molecule is CCC(CCCC(C)C)C(C)Cc1ccccc1. The Hall–Kier alpha value is -0.780. The van der Waals surface area contributed by atoms with Crippen LogP contribution in [0, 0.1) is 17.8 Å². The van der Waals surface area contributed by atoms with Crippen molar-refractivity contribution in [3.8, 4) is 0 Å². The second kappa shape index (κ2) is 8.34. The molecule has 1 aromatic carbocycles. The van der Waals surface area contributed by atoms with Crippen molar-refractivity contribution >= 4 is 0 Å². The van der Waals surface area contributed by atoms with Crippen LogP contribution in [-0.2, 0) is 6.42 Å². The molecule has 0 saturated carbocycles. The highest BCUT2D eigenvalue weighted by atomic mass is 14.2. The van der Waals surface area contributed by atoms with E-state index in [1.165, 1.54) is 37.7 Å². The molecule has 0 amide bonds. The number of hydrogen-bond donors (Lipinski definition) is 0. The predicted molar refractivity (Wildman–Crippen MR) is 81.8 cm³/mol. The van der Waals surface area contributed by atoms with Crippen LogP contribution >= 0.6 is 0 Å². The van der Waals surface area contributed by atoms with Crippen molar-refractivity contribution < 1.29 is 0 Å². The number of hydrogen-bond acceptors (Lipinski definition) is 0. The van der Waals surface area contributed by atoms with E-state index in [4.69, 9.17) is 0 Å². The fraction of sp³-hybridized carbons (Fsp3) is 0.667. The summed E-state index contributed by atoms with van der Waals surface area (Å²) in [7, 11) is 0. The van der Waals surface area contributed by atoms with Gasteiger partial charge in [-0.1, -0.05) is 83.7 Å². The van der Waals surface area contributed by atoms with E-state index >= 15 is 0 Å². The van der Waals surface area contributed by atoms with Crippen LogP contribution in [0.25, 0.3) is 0 Å². The van der Waals surface area contributed by atoms with E-state index in [1.54, 1.807) is 0 Å². The zero-order valence-electron chi connectivity index (χ0n) is 12.7. The third-order valence-corrected chi connectivity index (χ3v) is 4.09. The molecule has 0 aliphatic carbocycles. The van der Waals surface area contributed by atoms with Crippen LogP contribution in [0.1, 0.15) is 58.9 Å². The van der Waals surface area contributed by atoms with Crippen LogP contribution in [0.2, 0.25) is 0 Å². The fourth-order valence-electron chi connectivity index (χ4n) is 2.83. The zero-order chi connectivity index (χ0) is 13.4. The Bertz CT molecular complexity index is 299. The Morgan fingerprint density at radius 3 is 2.17 bits per heavy atom. The fourth-order valence-corrected chi connectivity index (χ4v) is 2.83. The first-order valence-corrected chi connectivity index (χ1v) is 7.67. The van der Waals surface area contributed by atoms with Crippen molar-refractivity contribution in [1.82, 2.24) is 0 Å². The van der Waals surface area contributed by atoms with Gasteiger partial charge in [-0.2, -0.15) is 0 Å². The molecule has 2 atom stereocenters. The molecule has 102 valence electrons. The molecule has 1 aromatic rings. The molecule has 0 aromatic heterocycles. The van der Waals surface area contributed by atoms with Crippen molar-refractivity contribution in [3.05, 3.63) is 35.9 Å². The molecule has 0 aliphatic rings. The maximum absolute atomic E-state index is 2.43. The smallest absolute Gasteiger partial charge is 0.0250 e. The van der Waals surface area contributed by atoms with Crippen LogP contribution in [0.3, 0.4) is 0 Å². The molecule has 2 unspecified atom stereocenters. The molecule has 0 fully saturated rings. The lowest BCUT2D eigenvalue weighted by Crippen LogP contribution is -2.14. The number of rotatable bonds is 8. The van der Waals surface area contributed by atoms with E-state index in [2.05, 4.69) is 58.0 Å². The molecule has 1 rings (SSSR count). The summed E-state index contributed by atoms with van der Waals surface area (Å²) in [4.78, 5) is 0. The Morgan fingerprint density at radius 2 is 1.61 bits per heavy atom. The highest BCUT2D eigenvalue weighted by Crippen LogP contribution is 2.26. The largest absolute Gasteiger partial charge is 0.0651 e. The van der Waals surface area contributed by atoms with Gasteiger partial charge in [-0.05, 0) is 29.7 Å². The van der Waals surface area contributed by atoms with Crippen LogP contribution in [-0.4, -0.2) is 0 Å². The molecule has 0 heteroatoms. The minimum Gasteiger partial charge on any atom is -0.0651 e. The van der Waals surface area contributed by atoms with Crippen LogP contribution in [0.15, 0.2) is 30.3 Å². The summed E-state index contributed by atoms with van der Waals surface area (Å²) in [6.07, 6.45) is 6.75. The van der Waals surface area contributed by atoms with Gasteiger partial charge in [0.15, 0.2) is 0 Å². The van der Waals surface area contributed by atoms with Gasteiger partial charge in [-0.3, -0.25) is 0 Å². The average Bonchev–Trinajstić information content (AvgIpc) is 2.35. The molecular formula is C18H30. The van der Waals surface area contributed by atoms with Crippen molar-refractivity contribution in [2.24, 2.45) is 17.8 Å². The summed E-state index contributed by atoms with van der Waals surface area (Å²) in [5.74, 6) is 2.56. The van der Waals surface area contributed by atoms with Gasteiger partial charge in [0.25, 0.3) is 0 Å². The maximum atomic E-state index is 2.43. The monoisotopic (exact) mass is 246 g/mol. The first kappa shape index (κ1) is 15.3. The highest BCUT2D eigenvalue weighted by Gasteiger charge is 2.15. The Kier molecular flexibility index (Phi) is 7.08. The van der Waals surface area contributed by atoms with Gasteiger partial charge in [0.05, 0.1) is 0 Å². The van der Waals surface area contributed by atoms with E-state index in [9.17, 15) is 0 Å². The molecular weight excluding hydrogens is 216 g/mol. The lowest BCUT2D eigenvalue weighted by molar-refractivity contribution is 0.308. The molecule has 0 heterocycles. The molecule has 0 nitrogen and oxygen atoms in total. The normalized spacial score (nSPS) is 14.7. The van der Waals surface area contributed by atoms with Crippen LogP contribution in [0.4, 0.5) is 0 Å². The minimum atomic E-state index is 0.810. The van der Waals surface area contributed by atoms with E-state index in [-0.39, 0.29) is 0 Å². The van der Waals surface area contributed by atoms with E-state index < -0.39 is 0 Å². The van der Waals surface area contributed by atoms with Crippen molar-refractivity contribution in [2.75, 3.05) is 0 Å². The quantitative estimate of drug-likeness (QED) is 0.550. The molecule has 0 saturated heterocycles. The zero-order valence-corrected chi connectivity index (χ0v) is 12.7. The third kappa shape index (κ3) is 5.71. The molecule has 0 N–H and O–H groups in total. The minimum absolute atomic E-state index is 0.810. The van der Waals surface area contributed by atoms with Gasteiger partial charge in [-0.25, -0.2) is 0 Å². The summed E-state index contributed by atoms with van der Waals surface area (Å²) in [5.41, 5.74) is 1.49. The topological polar surface area (TPSA) is 0 Å². The van der Waals surface area contributed by atoms with Gasteiger partial charge in [0.1, 0.15) is 0 Å². The Morgan fingerprint density at radius 1 is 0.944 bits per heavy atom. The van der Waals surface area contributed by atoms with Gasteiger partial charge in [-0.15, -0.1) is 0 Å². The molecule has 18 heavy (non-hydrogen) atoms. The van der Waals surface area contributed by atoms with Crippen LogP contribution < -0.4 is 0 Å². The maximum Gasteiger partial charge on any atom is -0.0250 e. The predicted octanol–water partition coefficient (Wildman–Crippen LogP) is 5.72. The van der Waals surface area contributed by atoms with Crippen molar-refractivity contribution in [2.45, 2.75) is 59.8 Å². The van der Waals surface area contributed by atoms with E-state index in [0.29, 0.717) is 0 Å². The van der Waals surface area contributed by atoms with Crippen molar-refractivity contribution in [1.29, 1.82) is 0 Å². The standard InChI is InChI=1S/C18H30/c1-5-18(13-9-10-15(2)3)16(4)14-17-11-7-6-8-12-17/h6-8,11-12,15-16,18H,5,9-10,13-14H2,1-4H3. The summed E-state index contributed by atoms with van der Waals surface area (Å²) in [6, 6.07) is 10.9. The van der Waals surface area contributed by atoms with E-state index in [0.717, 1.165) is 17.8 Å². The van der Waals surface area contributed by atoms with E-state index in [1.807, 2.05) is 0 Å². The molecule has 0 aliphatic heterocycles. The summed E-state index contributed by atoms with van der Waals surface area (Å²) < 4.78 is 0. The Labute approximate surface area is 114 Å². The molecule has 0 spiro atoms. The molecule has 0 radical (unpaired) electrons.